The molecule has 0 amide bonds. The Morgan fingerprint density at radius 3 is 2.14 bits per heavy atom. The van der Waals surface area contributed by atoms with Gasteiger partial charge in [-0.25, -0.2) is 0 Å². The maximum Gasteiger partial charge on any atom is 0.163 e. The Labute approximate surface area is 247 Å². The molecule has 0 saturated heterocycles. The second kappa shape index (κ2) is 11.9. The largest absolute Gasteiger partial charge is 0.512 e. The van der Waals surface area contributed by atoms with Crippen LogP contribution in [-0.2, 0) is 4.79 Å². The van der Waals surface area contributed by atoms with E-state index in [1.165, 1.54) is 6.92 Å². The predicted octanol–water partition coefficient (Wildman–Crippen LogP) is 9.35. The molecule has 0 heterocycles. The number of carbonyl (C=O) groups excluding carboxylic acids is 1. The number of fused-ring (bicyclic) bond motifs is 2. The lowest BCUT2D eigenvalue weighted by Gasteiger charge is -2.12. The lowest BCUT2D eigenvalue weighted by molar-refractivity contribution is -0.113. The van der Waals surface area contributed by atoms with Crippen molar-refractivity contribution in [3.05, 3.63) is 142 Å². The number of hydrogen-bond donors (Lipinski definition) is 3. The molecular formula is C38H36N2O2. The zero-order chi connectivity index (χ0) is 30.0. The number of nitrogen functional groups attached to an aromatic ring is 1. The van der Waals surface area contributed by atoms with Gasteiger partial charge in [0, 0.05) is 16.6 Å². The molecule has 1 aliphatic carbocycles. The number of aryl methyl sites for hydroxylation is 1. The summed E-state index contributed by atoms with van der Waals surface area (Å²) < 4.78 is 0. The summed E-state index contributed by atoms with van der Waals surface area (Å²) >= 11 is 0. The summed E-state index contributed by atoms with van der Waals surface area (Å²) in [5.41, 5.74) is 14.6. The number of nitrogens with two attached hydrogens (primary N) is 1. The lowest BCUT2D eigenvalue weighted by Crippen LogP contribution is -2.05. The summed E-state index contributed by atoms with van der Waals surface area (Å²) in [5.74, 6) is -0.190. The second-order valence-electron chi connectivity index (χ2n) is 10.9. The standard InChI is InChI=1S/C38H36N2O2/c1-23(31-14-6-12-28-13-8-16-34(40)38(28)31)17-18-29-19-20-30(37(29)36(25(3)41)26(4)42)21-22-33(39)32-15-7-11-27-10-5-9-24(2)35(27)32/h5-18,21-22,39,41H,19-20,40H2,1-4H3/b22-21+,23-17-,29-18+,36-25-,39-33?. The van der Waals surface area contributed by atoms with E-state index in [1.807, 2.05) is 48.6 Å². The van der Waals surface area contributed by atoms with Gasteiger partial charge in [-0.15, -0.1) is 0 Å². The van der Waals surface area contributed by atoms with Crippen LogP contribution in [0.5, 0.6) is 0 Å². The number of allylic oxidation sites excluding steroid dienone is 10. The average molecular weight is 553 g/mol. The summed E-state index contributed by atoms with van der Waals surface area (Å²) in [5, 5.41) is 23.8. The van der Waals surface area contributed by atoms with E-state index in [9.17, 15) is 9.90 Å². The first-order valence-electron chi connectivity index (χ1n) is 14.2. The Morgan fingerprint density at radius 1 is 0.857 bits per heavy atom. The fraction of sp³-hybridized carbons (Fsp3) is 0.158. The number of carbonyl (C=O) groups is 1. The van der Waals surface area contributed by atoms with Gasteiger partial charge in [0.2, 0.25) is 0 Å². The minimum Gasteiger partial charge on any atom is -0.512 e. The van der Waals surface area contributed by atoms with E-state index < -0.39 is 0 Å². The summed E-state index contributed by atoms with van der Waals surface area (Å²) in [7, 11) is 0. The van der Waals surface area contributed by atoms with Gasteiger partial charge in [0.25, 0.3) is 0 Å². The number of nitrogens with one attached hydrogen (secondary N) is 1. The van der Waals surface area contributed by atoms with E-state index >= 15 is 0 Å². The first-order chi connectivity index (χ1) is 20.2. The van der Waals surface area contributed by atoms with Crippen molar-refractivity contribution in [2.75, 3.05) is 5.73 Å². The summed E-state index contributed by atoms with van der Waals surface area (Å²) in [6, 6.07) is 24.3. The Kier molecular flexibility index (Phi) is 8.08. The molecule has 0 bridgehead atoms. The van der Waals surface area contributed by atoms with E-state index in [4.69, 9.17) is 11.1 Å². The fourth-order valence-corrected chi connectivity index (χ4v) is 6.03. The van der Waals surface area contributed by atoms with Gasteiger partial charge in [-0.3, -0.25) is 4.79 Å². The van der Waals surface area contributed by atoms with Crippen LogP contribution in [0.15, 0.2) is 125 Å². The number of aliphatic hydroxyl groups excluding tert-OH is 1. The molecule has 4 N–H and O–H groups in total. The highest BCUT2D eigenvalue weighted by Gasteiger charge is 2.25. The Balaban J connectivity index is 1.57. The molecule has 0 atom stereocenters. The van der Waals surface area contributed by atoms with Crippen LogP contribution in [0.3, 0.4) is 0 Å². The SMILES string of the molecule is CC(=O)/C(C1=C(/C=C/C(=N)c2cccc3cccc(C)c23)CC/C1=C\C=C(\C)c1cccc2cccc(N)c12)=C(\C)O. The van der Waals surface area contributed by atoms with Crippen LogP contribution in [0.2, 0.25) is 0 Å². The molecule has 0 aliphatic heterocycles. The minimum atomic E-state index is -0.189. The van der Waals surface area contributed by atoms with Crippen LogP contribution in [0.1, 0.15) is 50.3 Å². The van der Waals surface area contributed by atoms with Crippen molar-refractivity contribution in [2.45, 2.75) is 40.5 Å². The van der Waals surface area contributed by atoms with E-state index in [1.54, 1.807) is 6.92 Å². The fourth-order valence-electron chi connectivity index (χ4n) is 6.03. The number of hydrogen-bond acceptors (Lipinski definition) is 4. The van der Waals surface area contributed by atoms with Crippen molar-refractivity contribution in [1.82, 2.24) is 0 Å². The molecule has 4 heteroatoms. The number of aliphatic hydroxyl groups is 1. The van der Waals surface area contributed by atoms with Gasteiger partial charge >= 0.3 is 0 Å². The van der Waals surface area contributed by atoms with Gasteiger partial charge in [0.05, 0.1) is 11.3 Å². The maximum atomic E-state index is 12.8. The third kappa shape index (κ3) is 5.48. The Bertz CT molecular complexity index is 1900. The second-order valence-corrected chi connectivity index (χ2v) is 10.9. The number of Topliss-reactive ketones (excluding diaryl/α,β-unsaturated/α-hetero) is 1. The van der Waals surface area contributed by atoms with Crippen molar-refractivity contribution in [1.29, 1.82) is 5.41 Å². The molecule has 0 radical (unpaired) electrons. The third-order valence-corrected chi connectivity index (χ3v) is 8.02. The highest BCUT2D eigenvalue weighted by Crippen LogP contribution is 2.39. The molecule has 0 saturated carbocycles. The van der Waals surface area contributed by atoms with Crippen LogP contribution < -0.4 is 5.73 Å². The Hall–Kier alpha value is -4.96. The van der Waals surface area contributed by atoms with Gasteiger partial charge in [-0.2, -0.15) is 0 Å². The van der Waals surface area contributed by atoms with Crippen molar-refractivity contribution in [2.24, 2.45) is 0 Å². The molecule has 0 fully saturated rings. The van der Waals surface area contributed by atoms with Crippen LogP contribution in [0.25, 0.3) is 27.1 Å². The molecule has 4 nitrogen and oxygen atoms in total. The molecule has 0 spiro atoms. The van der Waals surface area contributed by atoms with Gasteiger partial charge < -0.3 is 16.2 Å². The minimum absolute atomic E-state index is 0.00140. The van der Waals surface area contributed by atoms with Crippen molar-refractivity contribution >= 4 is 44.3 Å². The van der Waals surface area contributed by atoms with Crippen LogP contribution in [0, 0.1) is 12.3 Å². The molecular weight excluding hydrogens is 516 g/mol. The van der Waals surface area contributed by atoms with Gasteiger partial charge in [0.15, 0.2) is 5.78 Å². The topological polar surface area (TPSA) is 87.2 Å². The van der Waals surface area contributed by atoms with Crippen molar-refractivity contribution in [3.8, 4) is 0 Å². The molecule has 4 aromatic carbocycles. The molecule has 42 heavy (non-hydrogen) atoms. The zero-order valence-electron chi connectivity index (χ0n) is 24.6. The van der Waals surface area contributed by atoms with Crippen molar-refractivity contribution < 1.29 is 9.90 Å². The number of ketones is 1. The van der Waals surface area contributed by atoms with E-state index in [0.717, 1.165) is 72.6 Å². The van der Waals surface area contributed by atoms with Gasteiger partial charge in [-0.05, 0) is 102 Å². The third-order valence-electron chi connectivity index (χ3n) is 8.02. The lowest BCUT2D eigenvalue weighted by atomic mass is 9.92. The number of anilines is 1. The summed E-state index contributed by atoms with van der Waals surface area (Å²) in [6.45, 7) is 7.17. The quantitative estimate of drug-likeness (QED) is 0.0924. The Morgan fingerprint density at radius 2 is 1.48 bits per heavy atom. The summed E-state index contributed by atoms with van der Waals surface area (Å²) in [4.78, 5) is 12.8. The number of rotatable bonds is 7. The van der Waals surface area contributed by atoms with Crippen LogP contribution in [-0.4, -0.2) is 16.6 Å². The number of benzene rings is 4. The molecule has 4 aromatic rings. The highest BCUT2D eigenvalue weighted by atomic mass is 16.3. The van der Waals surface area contributed by atoms with Crippen molar-refractivity contribution in [3.63, 3.8) is 0 Å². The van der Waals surface area contributed by atoms with E-state index in [-0.39, 0.29) is 11.5 Å². The predicted molar refractivity (Wildman–Crippen MR) is 177 cm³/mol. The van der Waals surface area contributed by atoms with E-state index in [2.05, 4.69) is 62.4 Å². The smallest absolute Gasteiger partial charge is 0.163 e. The van der Waals surface area contributed by atoms with Gasteiger partial charge in [0.1, 0.15) is 5.76 Å². The van der Waals surface area contributed by atoms with E-state index in [0.29, 0.717) is 17.7 Å². The maximum absolute atomic E-state index is 12.8. The first-order valence-corrected chi connectivity index (χ1v) is 14.2. The molecule has 0 unspecified atom stereocenters. The first kappa shape index (κ1) is 28.6. The average Bonchev–Trinajstić information content (AvgIpc) is 3.35. The van der Waals surface area contributed by atoms with Crippen LogP contribution >= 0.6 is 0 Å². The highest BCUT2D eigenvalue weighted by molar-refractivity contribution is 6.15. The zero-order valence-corrected chi connectivity index (χ0v) is 24.6. The molecule has 210 valence electrons. The van der Waals surface area contributed by atoms with Gasteiger partial charge in [-0.1, -0.05) is 85.0 Å². The molecule has 1 aliphatic rings. The molecule has 0 aromatic heterocycles. The molecule has 5 rings (SSSR count). The normalized spacial score (nSPS) is 15.7. The van der Waals surface area contributed by atoms with Crippen LogP contribution in [0.4, 0.5) is 5.69 Å². The summed E-state index contributed by atoms with van der Waals surface area (Å²) in [6.07, 6.45) is 9.29. The monoisotopic (exact) mass is 552 g/mol.